The number of benzene rings is 1. The molecular weight excluding hydrogens is 308 g/mol. The van der Waals surface area contributed by atoms with E-state index in [0.717, 1.165) is 6.42 Å². The maximum atomic E-state index is 5.85. The first-order valence-corrected chi connectivity index (χ1v) is 7.74. The second-order valence-electron chi connectivity index (χ2n) is 4.90. The first-order chi connectivity index (χ1) is 8.63. The van der Waals surface area contributed by atoms with Crippen LogP contribution in [0.15, 0.2) is 22.7 Å². The average Bonchev–Trinajstić information content (AvgIpc) is 3.09. The van der Waals surface area contributed by atoms with Crippen LogP contribution in [0.4, 0.5) is 5.13 Å². The summed E-state index contributed by atoms with van der Waals surface area (Å²) in [4.78, 5) is 5.83. The van der Waals surface area contributed by atoms with Crippen LogP contribution in [0.2, 0.25) is 0 Å². The van der Waals surface area contributed by atoms with Gasteiger partial charge in [0.15, 0.2) is 5.13 Å². The highest BCUT2D eigenvalue weighted by Crippen LogP contribution is 2.43. The molecule has 0 unspecified atom stereocenters. The Morgan fingerprint density at radius 2 is 2.22 bits per heavy atom. The largest absolute Gasteiger partial charge is 0.375 e. The van der Waals surface area contributed by atoms with Crippen LogP contribution >= 0.6 is 27.3 Å². The third-order valence-electron chi connectivity index (χ3n) is 3.31. The standard InChI is InChI=1S/C14H15BrN2S/c1-8-2-3-9(6-11(8)15)7-12-13(10-4-5-10)17-14(16)18-12/h2-3,6,10H,4-5,7H2,1H3,(H2,16,17). The number of thiazole rings is 1. The molecule has 3 rings (SSSR count). The Balaban J connectivity index is 1.89. The lowest BCUT2D eigenvalue weighted by atomic mass is 10.1. The Morgan fingerprint density at radius 1 is 1.44 bits per heavy atom. The number of nitrogen functional groups attached to an aromatic ring is 1. The molecule has 0 atom stereocenters. The minimum Gasteiger partial charge on any atom is -0.375 e. The molecule has 2 N–H and O–H groups in total. The number of hydrogen-bond donors (Lipinski definition) is 1. The summed E-state index contributed by atoms with van der Waals surface area (Å²) in [6, 6.07) is 6.54. The zero-order valence-corrected chi connectivity index (χ0v) is 12.6. The maximum Gasteiger partial charge on any atom is 0.180 e. The van der Waals surface area contributed by atoms with Crippen molar-refractivity contribution < 1.29 is 0 Å². The van der Waals surface area contributed by atoms with Gasteiger partial charge in [-0.2, -0.15) is 0 Å². The van der Waals surface area contributed by atoms with Crippen molar-refractivity contribution in [3.05, 3.63) is 44.4 Å². The van der Waals surface area contributed by atoms with Gasteiger partial charge in [-0.15, -0.1) is 11.3 Å². The summed E-state index contributed by atoms with van der Waals surface area (Å²) in [6.45, 7) is 2.11. The summed E-state index contributed by atoms with van der Waals surface area (Å²) >= 11 is 5.23. The molecule has 18 heavy (non-hydrogen) atoms. The molecular formula is C14H15BrN2S. The molecule has 0 bridgehead atoms. The molecule has 1 aromatic heterocycles. The number of nitrogens with zero attached hydrogens (tertiary/aromatic N) is 1. The van der Waals surface area contributed by atoms with E-state index in [2.05, 4.69) is 46.0 Å². The van der Waals surface area contributed by atoms with Gasteiger partial charge < -0.3 is 5.73 Å². The van der Waals surface area contributed by atoms with Crippen LogP contribution in [-0.2, 0) is 6.42 Å². The topological polar surface area (TPSA) is 38.9 Å². The zero-order valence-electron chi connectivity index (χ0n) is 10.2. The SMILES string of the molecule is Cc1ccc(Cc2sc(N)nc2C2CC2)cc1Br. The number of hydrogen-bond acceptors (Lipinski definition) is 3. The van der Waals surface area contributed by atoms with Gasteiger partial charge in [0, 0.05) is 21.7 Å². The van der Waals surface area contributed by atoms with Gasteiger partial charge in [-0.3, -0.25) is 0 Å². The number of rotatable bonds is 3. The molecule has 1 aromatic carbocycles. The summed E-state index contributed by atoms with van der Waals surface area (Å²) in [5, 5.41) is 0.707. The fourth-order valence-electron chi connectivity index (χ4n) is 2.12. The monoisotopic (exact) mass is 322 g/mol. The molecule has 0 saturated heterocycles. The Hall–Kier alpha value is -0.870. The average molecular weight is 323 g/mol. The molecule has 1 fully saturated rings. The summed E-state index contributed by atoms with van der Waals surface area (Å²) in [5.74, 6) is 0.669. The third-order valence-corrected chi connectivity index (χ3v) is 5.06. The quantitative estimate of drug-likeness (QED) is 0.916. The molecule has 4 heteroatoms. The Labute approximate surface area is 119 Å². The Kier molecular flexibility index (Phi) is 3.16. The van der Waals surface area contributed by atoms with E-state index in [1.54, 1.807) is 11.3 Å². The van der Waals surface area contributed by atoms with Crippen LogP contribution in [0.1, 0.15) is 40.5 Å². The van der Waals surface area contributed by atoms with Crippen molar-refractivity contribution in [2.45, 2.75) is 32.1 Å². The van der Waals surface area contributed by atoms with Crippen molar-refractivity contribution in [1.29, 1.82) is 0 Å². The minimum absolute atomic E-state index is 0.669. The third kappa shape index (κ3) is 2.45. The first-order valence-electron chi connectivity index (χ1n) is 6.13. The molecule has 0 amide bonds. The molecule has 1 saturated carbocycles. The first kappa shape index (κ1) is 12.2. The van der Waals surface area contributed by atoms with E-state index in [4.69, 9.17) is 5.73 Å². The summed E-state index contributed by atoms with van der Waals surface area (Å²) in [6.07, 6.45) is 3.49. The van der Waals surface area contributed by atoms with Gasteiger partial charge in [0.1, 0.15) is 0 Å². The predicted molar refractivity (Wildman–Crippen MR) is 80.2 cm³/mol. The fourth-order valence-corrected chi connectivity index (χ4v) is 3.49. The van der Waals surface area contributed by atoms with E-state index < -0.39 is 0 Å². The fraction of sp³-hybridized carbons (Fsp3) is 0.357. The molecule has 94 valence electrons. The number of aromatic nitrogens is 1. The van der Waals surface area contributed by atoms with Crippen molar-refractivity contribution in [2.24, 2.45) is 0 Å². The van der Waals surface area contributed by atoms with Crippen LogP contribution in [0.3, 0.4) is 0 Å². The second kappa shape index (κ2) is 4.67. The molecule has 2 nitrogen and oxygen atoms in total. The lowest BCUT2D eigenvalue weighted by molar-refractivity contribution is 1.01. The van der Waals surface area contributed by atoms with E-state index in [1.165, 1.54) is 39.0 Å². The van der Waals surface area contributed by atoms with Gasteiger partial charge in [0.05, 0.1) is 5.69 Å². The molecule has 1 aliphatic carbocycles. The molecule has 1 heterocycles. The highest BCUT2D eigenvalue weighted by atomic mass is 79.9. The minimum atomic E-state index is 0.669. The lowest BCUT2D eigenvalue weighted by Gasteiger charge is -2.04. The zero-order chi connectivity index (χ0) is 12.7. The Bertz CT molecular complexity index is 587. The van der Waals surface area contributed by atoms with Crippen molar-refractivity contribution in [1.82, 2.24) is 4.98 Å². The number of nitrogens with two attached hydrogens (primary N) is 1. The maximum absolute atomic E-state index is 5.85. The number of aryl methyl sites for hydroxylation is 1. The van der Waals surface area contributed by atoms with Gasteiger partial charge in [0.25, 0.3) is 0 Å². The van der Waals surface area contributed by atoms with Crippen molar-refractivity contribution >= 4 is 32.4 Å². The molecule has 2 aromatic rings. The molecule has 0 radical (unpaired) electrons. The van der Waals surface area contributed by atoms with Crippen molar-refractivity contribution in [3.63, 3.8) is 0 Å². The van der Waals surface area contributed by atoms with Crippen LogP contribution in [0.25, 0.3) is 0 Å². The number of anilines is 1. The van der Waals surface area contributed by atoms with E-state index in [9.17, 15) is 0 Å². The number of halogens is 1. The van der Waals surface area contributed by atoms with Crippen molar-refractivity contribution in [2.75, 3.05) is 5.73 Å². The molecule has 0 aliphatic heterocycles. The highest BCUT2D eigenvalue weighted by molar-refractivity contribution is 9.10. The summed E-state index contributed by atoms with van der Waals surface area (Å²) < 4.78 is 1.17. The summed E-state index contributed by atoms with van der Waals surface area (Å²) in [7, 11) is 0. The molecule has 1 aliphatic rings. The highest BCUT2D eigenvalue weighted by Gasteiger charge is 2.29. The lowest BCUT2D eigenvalue weighted by Crippen LogP contribution is -1.92. The van der Waals surface area contributed by atoms with Gasteiger partial charge in [-0.1, -0.05) is 28.1 Å². The van der Waals surface area contributed by atoms with Gasteiger partial charge in [0.2, 0.25) is 0 Å². The van der Waals surface area contributed by atoms with E-state index >= 15 is 0 Å². The Morgan fingerprint density at radius 3 is 2.89 bits per heavy atom. The van der Waals surface area contributed by atoms with Crippen molar-refractivity contribution in [3.8, 4) is 0 Å². The van der Waals surface area contributed by atoms with Gasteiger partial charge in [-0.05, 0) is 37.0 Å². The van der Waals surface area contributed by atoms with Gasteiger partial charge in [-0.25, -0.2) is 4.98 Å². The van der Waals surface area contributed by atoms with Gasteiger partial charge >= 0.3 is 0 Å². The predicted octanol–water partition coefficient (Wildman–Crippen LogP) is 4.26. The van der Waals surface area contributed by atoms with Crippen LogP contribution in [0.5, 0.6) is 0 Å². The van der Waals surface area contributed by atoms with Crippen LogP contribution < -0.4 is 5.73 Å². The van der Waals surface area contributed by atoms with E-state index in [-0.39, 0.29) is 0 Å². The van der Waals surface area contributed by atoms with E-state index in [0.29, 0.717) is 11.0 Å². The summed E-state index contributed by atoms with van der Waals surface area (Å²) in [5.41, 5.74) is 9.68. The van der Waals surface area contributed by atoms with Crippen LogP contribution in [0, 0.1) is 6.92 Å². The van der Waals surface area contributed by atoms with Crippen LogP contribution in [-0.4, -0.2) is 4.98 Å². The second-order valence-corrected chi connectivity index (χ2v) is 6.86. The van der Waals surface area contributed by atoms with E-state index in [1.807, 2.05) is 0 Å². The smallest absolute Gasteiger partial charge is 0.180 e. The normalized spacial score (nSPS) is 15.0. The molecule has 0 spiro atoms.